The predicted octanol–water partition coefficient (Wildman–Crippen LogP) is 6.61. The minimum absolute atomic E-state index is 0. The van der Waals surface area contributed by atoms with Gasteiger partial charge in [0.1, 0.15) is 0 Å². The molecule has 0 atom stereocenters. The van der Waals surface area contributed by atoms with Gasteiger partial charge in [0.2, 0.25) is 0 Å². The molecule has 0 aromatic heterocycles. The van der Waals surface area contributed by atoms with E-state index in [1.807, 2.05) is 0 Å². The molecule has 0 aliphatic rings. The summed E-state index contributed by atoms with van der Waals surface area (Å²) >= 11 is 0. The Labute approximate surface area is 163 Å². The summed E-state index contributed by atoms with van der Waals surface area (Å²) < 4.78 is 0. The van der Waals surface area contributed by atoms with Crippen molar-refractivity contribution in [3.8, 4) is 0 Å². The van der Waals surface area contributed by atoms with E-state index in [2.05, 4.69) is 83.1 Å². The zero-order chi connectivity index (χ0) is 16.6. The molecule has 0 fully saturated rings. The van der Waals surface area contributed by atoms with Crippen molar-refractivity contribution < 1.29 is 30.7 Å². The van der Waals surface area contributed by atoms with E-state index in [1.165, 1.54) is 0 Å². The number of rotatable bonds is 6. The van der Waals surface area contributed by atoms with E-state index in [4.69, 9.17) is 0 Å². The molecule has 0 heterocycles. The summed E-state index contributed by atoms with van der Waals surface area (Å²) in [6, 6.07) is 0. The molecular formula is C18H44O2OsP2+2. The Morgan fingerprint density at radius 2 is 0.435 bits per heavy atom. The fourth-order valence-corrected chi connectivity index (χ4v) is 12.0. The second-order valence-corrected chi connectivity index (χ2v) is 16.9. The molecule has 0 N–H and O–H groups in total. The minimum atomic E-state index is -0.0957. The van der Waals surface area contributed by atoms with Crippen LogP contribution in [0.4, 0.5) is 0 Å². The van der Waals surface area contributed by atoms with Crippen molar-refractivity contribution in [3.05, 3.63) is 0 Å². The molecule has 0 aliphatic heterocycles. The van der Waals surface area contributed by atoms with Gasteiger partial charge in [-0.1, -0.05) is 0 Å². The molecule has 0 spiro atoms. The molecule has 0 amide bonds. The van der Waals surface area contributed by atoms with Gasteiger partial charge in [0, 0.05) is 15.8 Å². The van der Waals surface area contributed by atoms with Gasteiger partial charge in [-0.2, -0.15) is 0 Å². The van der Waals surface area contributed by atoms with Crippen LogP contribution < -0.4 is 0 Å². The van der Waals surface area contributed by atoms with Gasteiger partial charge in [0.25, 0.3) is 0 Å². The van der Waals surface area contributed by atoms with E-state index in [-0.39, 0.29) is 46.6 Å². The normalized spacial score (nSPS) is 11.0. The summed E-state index contributed by atoms with van der Waals surface area (Å²) in [6.45, 7) is 28.4. The molecule has 0 unspecified atom stereocenters. The van der Waals surface area contributed by atoms with Crippen molar-refractivity contribution in [2.24, 2.45) is 0 Å². The predicted molar refractivity (Wildman–Crippen MR) is 109 cm³/mol. The van der Waals surface area contributed by atoms with Gasteiger partial charge in [0.15, 0.2) is 0 Å². The fourth-order valence-electron chi connectivity index (χ4n) is 4.00. The molecule has 0 aromatic rings. The Morgan fingerprint density at radius 3 is 0.435 bits per heavy atom. The van der Waals surface area contributed by atoms with E-state index in [9.17, 15) is 0 Å². The SMILES string of the molecule is CC(C)[PH+](C(C)C)C(C)C.CC(C)[PH+](C(C)C)C(C)C.[O-2].[O-2].[Os+4]. The standard InChI is InChI=1S/2C9H21P.2O.Os/c2*1-7(2)10(8(3)4)9(5)6;;;/h2*7-9H,1-6H3;;;/q;;2*-2;+4/p+2. The molecule has 0 radical (unpaired) electrons. The molecule has 0 aliphatic carbocycles. The van der Waals surface area contributed by atoms with E-state index in [0.717, 1.165) is 34.0 Å². The zero-order valence-electron chi connectivity index (χ0n) is 17.6. The average Bonchev–Trinajstić information content (AvgIpc) is 2.12. The van der Waals surface area contributed by atoms with E-state index in [1.54, 1.807) is 0 Å². The summed E-state index contributed by atoms with van der Waals surface area (Å²) in [6.07, 6.45) is 0. The second kappa shape index (κ2) is 18.2. The third-order valence-corrected chi connectivity index (χ3v) is 12.0. The van der Waals surface area contributed by atoms with Gasteiger partial charge in [0.05, 0.1) is 34.0 Å². The summed E-state index contributed by atoms with van der Waals surface area (Å²) in [5.41, 5.74) is 5.61. The summed E-state index contributed by atoms with van der Waals surface area (Å²) in [7, 11) is -0.191. The third-order valence-electron chi connectivity index (χ3n) is 4.00. The zero-order valence-corrected chi connectivity index (χ0v) is 22.2. The smallest absolute Gasteiger partial charge is 2.00 e. The van der Waals surface area contributed by atoms with Crippen molar-refractivity contribution in [1.82, 2.24) is 0 Å². The largest absolute Gasteiger partial charge is 4.00 e. The molecule has 0 bridgehead atoms. The molecule has 0 rings (SSSR count). The topological polar surface area (TPSA) is 57.0 Å². The fraction of sp³-hybridized carbons (Fsp3) is 1.00. The number of hydrogen-bond donors (Lipinski definition) is 0. The molecule has 0 saturated carbocycles. The van der Waals surface area contributed by atoms with Crippen LogP contribution in [0.25, 0.3) is 0 Å². The van der Waals surface area contributed by atoms with Crippen LogP contribution in [0.3, 0.4) is 0 Å². The molecule has 5 heteroatoms. The van der Waals surface area contributed by atoms with Gasteiger partial charge in [-0.3, -0.25) is 0 Å². The van der Waals surface area contributed by atoms with E-state index >= 15 is 0 Å². The van der Waals surface area contributed by atoms with Crippen molar-refractivity contribution in [3.63, 3.8) is 0 Å². The minimum Gasteiger partial charge on any atom is -2.00 e. The first-order valence-electron chi connectivity index (χ1n) is 8.66. The van der Waals surface area contributed by atoms with Gasteiger partial charge < -0.3 is 11.0 Å². The second-order valence-electron chi connectivity index (χ2n) is 7.93. The Balaban J connectivity index is -0.0000000831. The Hall–Kier alpha value is 1.42. The monoisotopic (exact) mass is 546 g/mol. The van der Waals surface area contributed by atoms with Gasteiger partial charge in [-0.05, 0) is 83.1 Å². The molecule has 2 nitrogen and oxygen atoms in total. The summed E-state index contributed by atoms with van der Waals surface area (Å²) in [5, 5.41) is 0. The first kappa shape index (κ1) is 35.5. The van der Waals surface area contributed by atoms with Crippen molar-refractivity contribution in [1.29, 1.82) is 0 Å². The van der Waals surface area contributed by atoms with Gasteiger partial charge in [-0.15, -0.1) is 0 Å². The first-order chi connectivity index (χ1) is 8.93. The molecular weight excluding hydrogens is 500 g/mol. The van der Waals surface area contributed by atoms with Crippen LogP contribution in [-0.4, -0.2) is 34.0 Å². The van der Waals surface area contributed by atoms with Crippen LogP contribution >= 0.6 is 15.8 Å². The van der Waals surface area contributed by atoms with Gasteiger partial charge in [-0.25, -0.2) is 0 Å². The molecule has 23 heavy (non-hydrogen) atoms. The van der Waals surface area contributed by atoms with E-state index < -0.39 is 0 Å². The van der Waals surface area contributed by atoms with Crippen LogP contribution in [-0.2, 0) is 30.7 Å². The third kappa shape index (κ3) is 16.6. The first-order valence-corrected chi connectivity index (χ1v) is 12.1. The molecule has 144 valence electrons. The van der Waals surface area contributed by atoms with Crippen LogP contribution in [0.5, 0.6) is 0 Å². The average molecular weight is 545 g/mol. The Bertz CT molecular complexity index is 171. The van der Waals surface area contributed by atoms with Crippen molar-refractivity contribution in [2.75, 3.05) is 0 Å². The van der Waals surface area contributed by atoms with Crippen LogP contribution in [0.1, 0.15) is 83.1 Å². The van der Waals surface area contributed by atoms with Crippen LogP contribution in [0.15, 0.2) is 0 Å². The number of hydrogen-bond acceptors (Lipinski definition) is 0. The molecule has 0 saturated heterocycles. The van der Waals surface area contributed by atoms with Crippen molar-refractivity contribution in [2.45, 2.75) is 117 Å². The molecule has 0 aromatic carbocycles. The summed E-state index contributed by atoms with van der Waals surface area (Å²) in [4.78, 5) is 0. The quantitative estimate of drug-likeness (QED) is 0.338. The maximum absolute atomic E-state index is 2.37. The van der Waals surface area contributed by atoms with Crippen LogP contribution in [0, 0.1) is 0 Å². The van der Waals surface area contributed by atoms with Crippen molar-refractivity contribution >= 4 is 15.8 Å². The van der Waals surface area contributed by atoms with Gasteiger partial charge >= 0.3 is 19.8 Å². The van der Waals surface area contributed by atoms with E-state index in [0.29, 0.717) is 0 Å². The summed E-state index contributed by atoms with van der Waals surface area (Å²) in [5.74, 6) is 0. The Morgan fingerprint density at radius 1 is 0.348 bits per heavy atom. The maximum Gasteiger partial charge on any atom is 4.00 e. The van der Waals surface area contributed by atoms with Crippen LogP contribution in [0.2, 0.25) is 0 Å². The Kier molecular flexibility index (Phi) is 28.1. The maximum atomic E-state index is 2.37.